The lowest BCUT2D eigenvalue weighted by Gasteiger charge is -1.99. The lowest BCUT2D eigenvalue weighted by molar-refractivity contribution is 0.657. The normalized spacial score (nSPS) is 11.7. The Hall–Kier alpha value is -3.78. The van der Waals surface area contributed by atoms with Gasteiger partial charge in [-0.3, -0.25) is 9.78 Å². The van der Waals surface area contributed by atoms with Crippen LogP contribution in [0.3, 0.4) is 0 Å². The second-order valence-electron chi connectivity index (χ2n) is 7.14. The highest BCUT2D eigenvalue weighted by Crippen LogP contribution is 2.36. The Morgan fingerprint density at radius 3 is 2.77 bits per heavy atom. The number of halogens is 1. The van der Waals surface area contributed by atoms with E-state index in [0.717, 1.165) is 66.2 Å². The van der Waals surface area contributed by atoms with Crippen molar-refractivity contribution in [3.8, 4) is 33.0 Å². The van der Waals surface area contributed by atoms with E-state index in [1.165, 1.54) is 6.07 Å². The molecule has 0 radical (unpaired) electrons. The zero-order valence-corrected chi connectivity index (χ0v) is 16.7. The zero-order valence-electron chi connectivity index (χ0n) is 15.8. The van der Waals surface area contributed by atoms with Gasteiger partial charge in [0.2, 0.25) is 0 Å². The van der Waals surface area contributed by atoms with E-state index in [9.17, 15) is 4.39 Å². The van der Waals surface area contributed by atoms with Gasteiger partial charge in [-0.15, -0.1) is 11.3 Å². The highest BCUT2D eigenvalue weighted by molar-refractivity contribution is 7.14. The fraction of sp³-hybridized carbons (Fsp3) is 0.0455. The lowest BCUT2D eigenvalue weighted by atomic mass is 10.1. The Labute approximate surface area is 174 Å². The van der Waals surface area contributed by atoms with Crippen molar-refractivity contribution in [3.63, 3.8) is 0 Å². The van der Waals surface area contributed by atoms with Crippen LogP contribution in [0.25, 0.3) is 54.9 Å². The summed E-state index contributed by atoms with van der Waals surface area (Å²) in [4.78, 5) is 8.70. The molecule has 6 nitrogen and oxygen atoms in total. The first-order chi connectivity index (χ1) is 14.7. The second-order valence-corrected chi connectivity index (χ2v) is 8.18. The number of aromatic nitrogens is 6. The second kappa shape index (κ2) is 6.36. The Morgan fingerprint density at radius 1 is 1.03 bits per heavy atom. The minimum absolute atomic E-state index is 0.202. The molecule has 0 amide bonds. The molecule has 146 valence electrons. The molecule has 6 aromatic rings. The van der Waals surface area contributed by atoms with Crippen LogP contribution in [-0.2, 0) is 7.05 Å². The fourth-order valence-electron chi connectivity index (χ4n) is 3.80. The SMILES string of the molecule is Cn1cc(-c2ccc3[nH]nc(-c4cc5c(-c6ccc(F)s6)ccnc5[nH]4)c3c2)cn1. The van der Waals surface area contributed by atoms with Gasteiger partial charge in [0.15, 0.2) is 5.13 Å². The molecule has 0 aliphatic carbocycles. The number of aromatic amines is 2. The van der Waals surface area contributed by atoms with Crippen LogP contribution in [0.2, 0.25) is 0 Å². The number of rotatable bonds is 3. The molecule has 0 saturated heterocycles. The quantitative estimate of drug-likeness (QED) is 0.409. The number of hydrogen-bond acceptors (Lipinski definition) is 4. The van der Waals surface area contributed by atoms with E-state index in [-0.39, 0.29) is 5.13 Å². The number of H-pyrrole nitrogens is 2. The summed E-state index contributed by atoms with van der Waals surface area (Å²) in [5, 5.41) is 13.7. The van der Waals surface area contributed by atoms with Crippen molar-refractivity contribution in [2.75, 3.05) is 0 Å². The van der Waals surface area contributed by atoms with Crippen molar-refractivity contribution in [2.24, 2.45) is 7.05 Å². The van der Waals surface area contributed by atoms with Gasteiger partial charge in [-0.2, -0.15) is 14.6 Å². The summed E-state index contributed by atoms with van der Waals surface area (Å²) in [6, 6.07) is 13.4. The van der Waals surface area contributed by atoms with Gasteiger partial charge in [0.1, 0.15) is 11.3 Å². The van der Waals surface area contributed by atoms with Crippen molar-refractivity contribution in [2.45, 2.75) is 0 Å². The maximum atomic E-state index is 13.6. The summed E-state index contributed by atoms with van der Waals surface area (Å²) in [6.45, 7) is 0. The molecule has 0 spiro atoms. The number of aryl methyl sites for hydroxylation is 1. The number of hydrogen-bond donors (Lipinski definition) is 2. The monoisotopic (exact) mass is 414 g/mol. The van der Waals surface area contributed by atoms with E-state index in [1.54, 1.807) is 16.9 Å². The topological polar surface area (TPSA) is 75.2 Å². The van der Waals surface area contributed by atoms with Gasteiger partial charge in [-0.25, -0.2) is 4.98 Å². The van der Waals surface area contributed by atoms with E-state index in [1.807, 2.05) is 37.6 Å². The number of nitrogens with zero attached hydrogens (tertiary/aromatic N) is 4. The largest absolute Gasteiger partial charge is 0.338 e. The molecule has 1 aromatic carbocycles. The number of pyridine rings is 1. The molecule has 0 aliphatic heterocycles. The Morgan fingerprint density at radius 2 is 1.97 bits per heavy atom. The fourth-order valence-corrected chi connectivity index (χ4v) is 4.57. The number of benzene rings is 1. The van der Waals surface area contributed by atoms with Crippen molar-refractivity contribution in [1.82, 2.24) is 29.9 Å². The summed E-state index contributed by atoms with van der Waals surface area (Å²) < 4.78 is 15.4. The smallest absolute Gasteiger partial charge is 0.176 e. The molecule has 30 heavy (non-hydrogen) atoms. The predicted octanol–water partition coefficient (Wildman–Crippen LogP) is 5.37. The molecule has 0 bridgehead atoms. The van der Waals surface area contributed by atoms with Crippen molar-refractivity contribution >= 4 is 33.3 Å². The van der Waals surface area contributed by atoms with Crippen LogP contribution in [0.15, 0.2) is 61.1 Å². The van der Waals surface area contributed by atoms with Crippen LogP contribution < -0.4 is 0 Å². The average molecular weight is 414 g/mol. The van der Waals surface area contributed by atoms with Gasteiger partial charge in [0.05, 0.1) is 17.4 Å². The molecular weight excluding hydrogens is 399 g/mol. The molecule has 0 atom stereocenters. The van der Waals surface area contributed by atoms with Gasteiger partial charge >= 0.3 is 0 Å². The number of fused-ring (bicyclic) bond motifs is 2. The van der Waals surface area contributed by atoms with E-state index < -0.39 is 0 Å². The Kier molecular flexibility index (Phi) is 3.63. The van der Waals surface area contributed by atoms with E-state index in [4.69, 9.17) is 0 Å². The van der Waals surface area contributed by atoms with Gasteiger partial charge in [-0.1, -0.05) is 6.07 Å². The van der Waals surface area contributed by atoms with Crippen LogP contribution in [-0.4, -0.2) is 29.9 Å². The molecule has 5 aromatic heterocycles. The summed E-state index contributed by atoms with van der Waals surface area (Å²) in [5.74, 6) is 0. The summed E-state index contributed by atoms with van der Waals surface area (Å²) in [5.41, 5.74) is 6.44. The van der Waals surface area contributed by atoms with Crippen molar-refractivity contribution < 1.29 is 4.39 Å². The van der Waals surface area contributed by atoms with Crippen LogP contribution in [0, 0.1) is 5.13 Å². The molecular formula is C22H15FN6S. The third-order valence-electron chi connectivity index (χ3n) is 5.23. The molecule has 0 fully saturated rings. The molecule has 5 heterocycles. The van der Waals surface area contributed by atoms with E-state index in [0.29, 0.717) is 0 Å². The van der Waals surface area contributed by atoms with Gasteiger partial charge < -0.3 is 4.98 Å². The van der Waals surface area contributed by atoms with Crippen LogP contribution in [0.4, 0.5) is 4.39 Å². The molecule has 0 unspecified atom stereocenters. The van der Waals surface area contributed by atoms with Crippen molar-refractivity contribution in [3.05, 3.63) is 66.2 Å². The van der Waals surface area contributed by atoms with Gasteiger partial charge in [0.25, 0.3) is 0 Å². The van der Waals surface area contributed by atoms with E-state index in [2.05, 4.69) is 37.4 Å². The standard InChI is InChI=1S/C22H15FN6S/c1-29-11-13(10-25-29)12-2-3-17-16(8-12)21(28-27-17)18-9-15-14(6-7-24-22(15)26-18)19-4-5-20(23)30-19/h2-11H,1H3,(H,24,26)(H,27,28). The maximum absolute atomic E-state index is 13.6. The molecule has 0 saturated carbocycles. The third kappa shape index (κ3) is 2.65. The first kappa shape index (κ1) is 17.1. The van der Waals surface area contributed by atoms with Gasteiger partial charge in [0, 0.05) is 46.2 Å². The lowest BCUT2D eigenvalue weighted by Crippen LogP contribution is -1.84. The Balaban J connectivity index is 1.52. The number of nitrogens with one attached hydrogen (secondary N) is 2. The highest BCUT2D eigenvalue weighted by atomic mass is 32.1. The van der Waals surface area contributed by atoms with Crippen LogP contribution in [0.5, 0.6) is 0 Å². The molecule has 6 rings (SSSR count). The maximum Gasteiger partial charge on any atom is 0.176 e. The molecule has 0 aliphatic rings. The predicted molar refractivity (Wildman–Crippen MR) is 117 cm³/mol. The summed E-state index contributed by atoms with van der Waals surface area (Å²) in [7, 11) is 1.90. The first-order valence-corrected chi connectivity index (χ1v) is 10.2. The third-order valence-corrected chi connectivity index (χ3v) is 6.13. The minimum Gasteiger partial charge on any atom is -0.338 e. The average Bonchev–Trinajstić information content (AvgIpc) is 3.52. The number of thiophene rings is 1. The van der Waals surface area contributed by atoms with Crippen LogP contribution in [0.1, 0.15) is 0 Å². The van der Waals surface area contributed by atoms with Crippen LogP contribution >= 0.6 is 11.3 Å². The molecule has 8 heteroatoms. The highest BCUT2D eigenvalue weighted by Gasteiger charge is 2.15. The van der Waals surface area contributed by atoms with Crippen molar-refractivity contribution in [1.29, 1.82) is 0 Å². The Bertz CT molecular complexity index is 1540. The zero-order chi connectivity index (χ0) is 20.2. The first-order valence-electron chi connectivity index (χ1n) is 9.37. The van der Waals surface area contributed by atoms with E-state index >= 15 is 0 Å². The summed E-state index contributed by atoms with van der Waals surface area (Å²) >= 11 is 1.13. The minimum atomic E-state index is -0.202. The molecule has 2 N–H and O–H groups in total. The van der Waals surface area contributed by atoms with Gasteiger partial charge in [-0.05, 0) is 42.0 Å². The summed E-state index contributed by atoms with van der Waals surface area (Å²) in [6.07, 6.45) is 5.57.